The van der Waals surface area contributed by atoms with Gasteiger partial charge in [0.15, 0.2) is 0 Å². The molecule has 0 unspecified atom stereocenters. The van der Waals surface area contributed by atoms with Gasteiger partial charge in [-0.2, -0.15) is 0 Å². The quantitative estimate of drug-likeness (QED) is 0.251. The van der Waals surface area contributed by atoms with Crippen LogP contribution < -0.4 is 10.1 Å². The monoisotopic (exact) mass is 572 g/mol. The van der Waals surface area contributed by atoms with Crippen molar-refractivity contribution in [2.24, 2.45) is 7.05 Å². The molecule has 5 aromatic heterocycles. The number of hydrogen-bond donors (Lipinski definition) is 1. The SMILES string of the molecule is COc1cnc(Cl)cc1-c1cc(C)ncc1C(=O)Nc1nc2cnc(-c3c(C)nnn3C)c(F)c2[se]1. The average molecular weight is 572 g/mol. The first-order valence-electron chi connectivity index (χ1n) is 10.6. The molecule has 5 aromatic rings. The Labute approximate surface area is 215 Å². The van der Waals surface area contributed by atoms with Crippen molar-refractivity contribution in [1.82, 2.24) is 34.9 Å². The fraction of sp³-hybridized carbons (Fsp3) is 0.174. The minimum absolute atomic E-state index is 0.148. The zero-order chi connectivity index (χ0) is 25.6. The second-order valence-corrected chi connectivity index (χ2v) is 10.3. The van der Waals surface area contributed by atoms with Crippen LogP contribution in [0.4, 0.5) is 9.08 Å². The summed E-state index contributed by atoms with van der Waals surface area (Å²) < 4.78 is 23.1. The summed E-state index contributed by atoms with van der Waals surface area (Å²) in [7, 11) is 3.18. The van der Waals surface area contributed by atoms with Crippen LogP contribution in [0.25, 0.3) is 32.3 Å². The molecule has 0 atom stereocenters. The summed E-state index contributed by atoms with van der Waals surface area (Å²) in [5.41, 5.74) is 3.73. The van der Waals surface area contributed by atoms with Crippen molar-refractivity contribution in [3.05, 3.63) is 58.6 Å². The van der Waals surface area contributed by atoms with Gasteiger partial charge in [-0.1, -0.05) is 0 Å². The number of nitrogens with one attached hydrogen (secondary N) is 1. The first kappa shape index (κ1) is 24.0. The topological polar surface area (TPSA) is 121 Å². The van der Waals surface area contributed by atoms with Crippen molar-refractivity contribution < 1.29 is 13.9 Å². The molecule has 5 heterocycles. The molecule has 0 radical (unpaired) electrons. The molecule has 0 fully saturated rings. The Bertz CT molecular complexity index is 1630. The van der Waals surface area contributed by atoms with Gasteiger partial charge in [0.1, 0.15) is 0 Å². The molecule has 10 nitrogen and oxygen atoms in total. The van der Waals surface area contributed by atoms with Gasteiger partial charge in [-0.05, 0) is 0 Å². The molecular weight excluding hydrogens is 554 g/mol. The summed E-state index contributed by atoms with van der Waals surface area (Å²) in [6.45, 7) is 3.55. The van der Waals surface area contributed by atoms with Crippen LogP contribution in [0.5, 0.6) is 5.75 Å². The summed E-state index contributed by atoms with van der Waals surface area (Å²) in [5.74, 6) is -0.487. The van der Waals surface area contributed by atoms with Gasteiger partial charge < -0.3 is 0 Å². The molecule has 0 aliphatic carbocycles. The van der Waals surface area contributed by atoms with Crippen LogP contribution in [0.3, 0.4) is 0 Å². The number of carbonyl (C=O) groups excluding carboxylic acids is 1. The third-order valence-electron chi connectivity index (χ3n) is 5.45. The number of halogens is 2. The number of rotatable bonds is 5. The van der Waals surface area contributed by atoms with Gasteiger partial charge in [0, 0.05) is 0 Å². The van der Waals surface area contributed by atoms with Gasteiger partial charge >= 0.3 is 216 Å². The molecule has 0 bridgehead atoms. The third-order valence-corrected chi connectivity index (χ3v) is 7.71. The van der Waals surface area contributed by atoms with Crippen LogP contribution in [0, 0.1) is 19.7 Å². The Balaban J connectivity index is 1.53. The van der Waals surface area contributed by atoms with E-state index in [2.05, 4.69) is 35.6 Å². The number of aromatic nitrogens is 7. The number of pyridine rings is 3. The number of methoxy groups -OCH3 is 1. The Hall–Kier alpha value is -3.73. The van der Waals surface area contributed by atoms with Gasteiger partial charge in [-0.3, -0.25) is 0 Å². The van der Waals surface area contributed by atoms with Gasteiger partial charge in [0.25, 0.3) is 0 Å². The summed E-state index contributed by atoms with van der Waals surface area (Å²) in [6.07, 6.45) is 4.45. The molecule has 0 aromatic carbocycles. The molecule has 5 rings (SSSR count). The molecule has 1 N–H and O–H groups in total. The van der Waals surface area contributed by atoms with Crippen molar-refractivity contribution in [2.75, 3.05) is 12.4 Å². The van der Waals surface area contributed by atoms with Gasteiger partial charge in [0.05, 0.1) is 0 Å². The van der Waals surface area contributed by atoms with E-state index in [9.17, 15) is 4.79 Å². The van der Waals surface area contributed by atoms with E-state index >= 15 is 4.39 Å². The predicted octanol–water partition coefficient (Wildman–Crippen LogP) is 3.61. The molecule has 182 valence electrons. The zero-order valence-electron chi connectivity index (χ0n) is 19.5. The molecular formula is C23H18ClFN8O2Se. The number of amides is 1. The number of ether oxygens (including phenoxy) is 1. The van der Waals surface area contributed by atoms with Crippen molar-refractivity contribution in [2.45, 2.75) is 13.8 Å². The van der Waals surface area contributed by atoms with Crippen molar-refractivity contribution in [3.8, 4) is 28.3 Å². The predicted molar refractivity (Wildman–Crippen MR) is 133 cm³/mol. The van der Waals surface area contributed by atoms with E-state index in [0.29, 0.717) is 48.4 Å². The van der Waals surface area contributed by atoms with Crippen LogP contribution >= 0.6 is 11.6 Å². The van der Waals surface area contributed by atoms with Gasteiger partial charge in [0.2, 0.25) is 0 Å². The summed E-state index contributed by atoms with van der Waals surface area (Å²) in [5, 5.41) is 11.0. The Morgan fingerprint density at radius 3 is 2.67 bits per heavy atom. The molecule has 0 spiro atoms. The molecule has 1 amide bonds. The van der Waals surface area contributed by atoms with E-state index < -0.39 is 26.2 Å². The second kappa shape index (κ2) is 9.38. The van der Waals surface area contributed by atoms with Crippen molar-refractivity contribution in [1.29, 1.82) is 0 Å². The maximum atomic E-state index is 15.4. The average Bonchev–Trinajstić information content (AvgIpc) is 3.42. The van der Waals surface area contributed by atoms with E-state index in [4.69, 9.17) is 16.3 Å². The Morgan fingerprint density at radius 2 is 1.94 bits per heavy atom. The number of aryl methyl sites for hydroxylation is 3. The van der Waals surface area contributed by atoms with Gasteiger partial charge in [-0.25, -0.2) is 0 Å². The van der Waals surface area contributed by atoms with Crippen LogP contribution in [-0.4, -0.2) is 62.5 Å². The van der Waals surface area contributed by atoms with E-state index in [1.54, 1.807) is 26.1 Å². The van der Waals surface area contributed by atoms with Crippen LogP contribution in [0.2, 0.25) is 5.15 Å². The van der Waals surface area contributed by atoms with Gasteiger partial charge in [-0.15, -0.1) is 0 Å². The molecule has 0 aliphatic heterocycles. The molecule has 36 heavy (non-hydrogen) atoms. The summed E-state index contributed by atoms with van der Waals surface area (Å²) >= 11 is 5.52. The Morgan fingerprint density at radius 1 is 1.14 bits per heavy atom. The number of nitrogens with zero attached hydrogens (tertiary/aromatic N) is 7. The third kappa shape index (κ3) is 4.23. The van der Waals surface area contributed by atoms with Crippen LogP contribution in [0.1, 0.15) is 21.7 Å². The molecule has 0 saturated carbocycles. The summed E-state index contributed by atoms with van der Waals surface area (Å²) in [4.78, 5) is 30.3. The fourth-order valence-corrected chi connectivity index (χ4v) is 5.77. The van der Waals surface area contributed by atoms with Crippen LogP contribution in [0.15, 0.2) is 30.7 Å². The van der Waals surface area contributed by atoms with Crippen molar-refractivity contribution >= 4 is 46.5 Å². The first-order valence-corrected chi connectivity index (χ1v) is 12.7. The number of anilines is 1. The van der Waals surface area contributed by atoms with Crippen LogP contribution in [-0.2, 0) is 7.05 Å². The van der Waals surface area contributed by atoms with E-state index in [1.165, 1.54) is 30.4 Å². The minimum atomic E-state index is -0.595. The van der Waals surface area contributed by atoms with E-state index in [1.807, 2.05) is 6.92 Å². The first-order chi connectivity index (χ1) is 17.3. The standard InChI is InChI=1S/C23H18ClFN8O2Se/c1-10-5-12(13-6-17(24)27-9-16(13)35-4)14(7-26-10)22(34)30-23-29-15-8-28-19(18(25)21(15)36-23)20-11(2)31-32-33(20)3/h5-9H,1-4H3,(H,29,30,34). The number of carbonyl (C=O) groups is 1. The van der Waals surface area contributed by atoms with Crippen molar-refractivity contribution in [3.63, 3.8) is 0 Å². The van der Waals surface area contributed by atoms with E-state index in [-0.39, 0.29) is 16.4 Å². The normalized spacial score (nSPS) is 11.2. The fourth-order valence-electron chi connectivity index (χ4n) is 3.79. The maximum absolute atomic E-state index is 15.4. The zero-order valence-corrected chi connectivity index (χ0v) is 22.0. The molecule has 0 saturated heterocycles. The number of hydrogen-bond acceptors (Lipinski definition) is 8. The molecule has 13 heteroatoms. The second-order valence-electron chi connectivity index (χ2n) is 7.83. The summed E-state index contributed by atoms with van der Waals surface area (Å²) in [6, 6.07) is 3.39. The van der Waals surface area contributed by atoms with E-state index in [0.717, 1.165) is 0 Å². The molecule has 0 aliphatic rings. The number of fused-ring (bicyclic) bond motifs is 1. The Kier molecular flexibility index (Phi) is 6.25.